The highest BCUT2D eigenvalue weighted by Gasteiger charge is 2.28. The van der Waals surface area contributed by atoms with Crippen molar-refractivity contribution in [1.82, 2.24) is 19.4 Å². The summed E-state index contributed by atoms with van der Waals surface area (Å²) in [5.41, 5.74) is 1.56. The Morgan fingerprint density at radius 2 is 2.08 bits per heavy atom. The minimum Gasteiger partial charge on any atom is -0.387 e. The van der Waals surface area contributed by atoms with E-state index in [9.17, 15) is 18.3 Å². The van der Waals surface area contributed by atoms with Crippen molar-refractivity contribution in [2.75, 3.05) is 13.6 Å². The van der Waals surface area contributed by atoms with Gasteiger partial charge in [0.15, 0.2) is 0 Å². The van der Waals surface area contributed by atoms with E-state index in [1.165, 1.54) is 23.5 Å². The van der Waals surface area contributed by atoms with E-state index in [0.717, 1.165) is 5.69 Å². The number of nitrogens with one attached hydrogen (secondary N) is 1. The molecule has 2 heterocycles. The molecule has 2 aromatic rings. The van der Waals surface area contributed by atoms with Gasteiger partial charge in [-0.25, -0.2) is 8.42 Å². The normalized spacial score (nSPS) is 16.6. The lowest BCUT2D eigenvalue weighted by atomic mass is 10.2. The molecule has 1 aliphatic rings. The monoisotopic (exact) mass is 378 g/mol. The first-order chi connectivity index (χ1) is 12.3. The summed E-state index contributed by atoms with van der Waals surface area (Å²) in [5, 5.41) is 16.5. The first-order valence-corrected chi connectivity index (χ1v) is 9.84. The summed E-state index contributed by atoms with van der Waals surface area (Å²) in [6.45, 7) is 2.75. The molecule has 2 N–H and O–H groups in total. The Kier molecular flexibility index (Phi) is 5.12. The highest BCUT2D eigenvalue weighted by Crippen LogP contribution is 2.24. The van der Waals surface area contributed by atoms with Gasteiger partial charge < -0.3 is 10.4 Å². The quantitative estimate of drug-likeness (QED) is 0.822. The minimum atomic E-state index is -3.75. The SMILES string of the molecule is CNC(=O)c1cccc(S(=O)(=O)N2CCCn3nc(C(C)O)cc3C2)c1. The van der Waals surface area contributed by atoms with Gasteiger partial charge in [0, 0.05) is 25.7 Å². The zero-order valence-corrected chi connectivity index (χ0v) is 15.5. The van der Waals surface area contributed by atoms with E-state index in [2.05, 4.69) is 10.4 Å². The fourth-order valence-corrected chi connectivity index (χ4v) is 4.45. The van der Waals surface area contributed by atoms with Crippen molar-refractivity contribution in [3.8, 4) is 0 Å². The van der Waals surface area contributed by atoms with Crippen molar-refractivity contribution in [3.05, 3.63) is 47.3 Å². The van der Waals surface area contributed by atoms with E-state index in [1.807, 2.05) is 0 Å². The van der Waals surface area contributed by atoms with Crippen LogP contribution >= 0.6 is 0 Å². The molecule has 1 aromatic heterocycles. The molecule has 1 aliphatic heterocycles. The highest BCUT2D eigenvalue weighted by molar-refractivity contribution is 7.89. The summed E-state index contributed by atoms with van der Waals surface area (Å²) < 4.78 is 29.3. The average Bonchev–Trinajstić information content (AvgIpc) is 2.93. The molecule has 0 saturated carbocycles. The van der Waals surface area contributed by atoms with Crippen LogP contribution in [0.4, 0.5) is 0 Å². The number of aromatic nitrogens is 2. The van der Waals surface area contributed by atoms with E-state index in [-0.39, 0.29) is 17.3 Å². The highest BCUT2D eigenvalue weighted by atomic mass is 32.2. The summed E-state index contributed by atoms with van der Waals surface area (Å²) in [5.74, 6) is -0.336. The van der Waals surface area contributed by atoms with Crippen LogP contribution in [-0.4, -0.2) is 47.1 Å². The number of aliphatic hydroxyl groups excluding tert-OH is 1. The fraction of sp³-hybridized carbons (Fsp3) is 0.412. The number of aryl methyl sites for hydroxylation is 1. The summed E-state index contributed by atoms with van der Waals surface area (Å²) >= 11 is 0. The van der Waals surface area contributed by atoms with Crippen LogP contribution in [0.1, 0.15) is 41.2 Å². The molecule has 3 rings (SSSR count). The van der Waals surface area contributed by atoms with Gasteiger partial charge in [-0.1, -0.05) is 6.07 Å². The molecule has 1 atom stereocenters. The zero-order chi connectivity index (χ0) is 18.9. The number of aliphatic hydroxyl groups is 1. The third-order valence-corrected chi connectivity index (χ3v) is 6.23. The third-order valence-electron chi connectivity index (χ3n) is 4.39. The molecule has 0 radical (unpaired) electrons. The topological polar surface area (TPSA) is 105 Å². The minimum absolute atomic E-state index is 0.0855. The van der Waals surface area contributed by atoms with Crippen LogP contribution in [0, 0.1) is 0 Å². The Bertz CT molecular complexity index is 921. The van der Waals surface area contributed by atoms with Gasteiger partial charge >= 0.3 is 0 Å². The maximum Gasteiger partial charge on any atom is 0.251 e. The summed E-state index contributed by atoms with van der Waals surface area (Å²) in [6, 6.07) is 7.75. The van der Waals surface area contributed by atoms with E-state index in [0.29, 0.717) is 30.8 Å². The average molecular weight is 378 g/mol. The van der Waals surface area contributed by atoms with Crippen LogP contribution in [-0.2, 0) is 23.1 Å². The lowest BCUT2D eigenvalue weighted by Crippen LogP contribution is -2.31. The molecule has 1 amide bonds. The Hall–Kier alpha value is -2.23. The van der Waals surface area contributed by atoms with E-state index in [1.54, 1.807) is 29.8 Å². The van der Waals surface area contributed by atoms with Gasteiger partial charge in [0.05, 0.1) is 28.9 Å². The number of nitrogens with zero attached hydrogens (tertiary/aromatic N) is 3. The van der Waals surface area contributed by atoms with Crippen LogP contribution in [0.2, 0.25) is 0 Å². The van der Waals surface area contributed by atoms with E-state index < -0.39 is 16.1 Å². The van der Waals surface area contributed by atoms with E-state index in [4.69, 9.17) is 0 Å². The molecule has 9 heteroatoms. The fourth-order valence-electron chi connectivity index (χ4n) is 2.96. The second-order valence-corrected chi connectivity index (χ2v) is 8.20. The zero-order valence-electron chi connectivity index (χ0n) is 14.7. The number of rotatable bonds is 4. The molecule has 1 aromatic carbocycles. The number of sulfonamides is 1. The number of hydrogen-bond acceptors (Lipinski definition) is 5. The van der Waals surface area contributed by atoms with Gasteiger partial charge in [0.2, 0.25) is 10.0 Å². The first kappa shape index (κ1) is 18.6. The largest absolute Gasteiger partial charge is 0.387 e. The molecule has 0 aliphatic carbocycles. The smallest absolute Gasteiger partial charge is 0.251 e. The molecule has 26 heavy (non-hydrogen) atoms. The standard InChI is InChI=1S/C17H22N4O4S/c1-12(22)16-10-14-11-20(7-4-8-21(14)19-16)26(24,25)15-6-3-5-13(9-15)17(23)18-2/h3,5-6,9-10,12,22H,4,7-8,11H2,1-2H3,(H,18,23). The molecular weight excluding hydrogens is 356 g/mol. The lowest BCUT2D eigenvalue weighted by molar-refractivity contribution is 0.0963. The maximum atomic E-state index is 13.1. The number of fused-ring (bicyclic) bond motifs is 1. The Labute approximate surface area is 152 Å². The molecule has 140 valence electrons. The van der Waals surface area contributed by atoms with Crippen LogP contribution < -0.4 is 5.32 Å². The second kappa shape index (κ2) is 7.18. The number of benzene rings is 1. The van der Waals surface area contributed by atoms with Gasteiger partial charge in [-0.05, 0) is 37.6 Å². The van der Waals surface area contributed by atoms with Crippen molar-refractivity contribution in [1.29, 1.82) is 0 Å². The Morgan fingerprint density at radius 1 is 1.31 bits per heavy atom. The van der Waals surface area contributed by atoms with Crippen LogP contribution in [0.25, 0.3) is 0 Å². The Balaban J connectivity index is 1.93. The molecular formula is C17H22N4O4S. The van der Waals surface area contributed by atoms with Crippen LogP contribution in [0.15, 0.2) is 35.2 Å². The van der Waals surface area contributed by atoms with Crippen molar-refractivity contribution >= 4 is 15.9 Å². The van der Waals surface area contributed by atoms with Crippen LogP contribution in [0.5, 0.6) is 0 Å². The predicted octanol–water partition coefficient (Wildman–Crippen LogP) is 0.891. The Morgan fingerprint density at radius 3 is 2.77 bits per heavy atom. The van der Waals surface area contributed by atoms with Crippen molar-refractivity contribution in [3.63, 3.8) is 0 Å². The van der Waals surface area contributed by atoms with Gasteiger partial charge in [-0.3, -0.25) is 9.48 Å². The third kappa shape index (κ3) is 3.50. The van der Waals surface area contributed by atoms with Crippen molar-refractivity contribution in [2.24, 2.45) is 0 Å². The maximum absolute atomic E-state index is 13.1. The van der Waals surface area contributed by atoms with Crippen molar-refractivity contribution in [2.45, 2.75) is 37.4 Å². The molecule has 0 spiro atoms. The molecule has 1 unspecified atom stereocenters. The number of carbonyl (C=O) groups excluding carboxylic acids is 1. The first-order valence-electron chi connectivity index (χ1n) is 8.40. The molecule has 0 bridgehead atoms. The molecule has 0 saturated heterocycles. The predicted molar refractivity (Wildman–Crippen MR) is 94.9 cm³/mol. The summed E-state index contributed by atoms with van der Waals surface area (Å²) in [6.07, 6.45) is -0.0915. The molecule has 8 nitrogen and oxygen atoms in total. The van der Waals surface area contributed by atoms with E-state index >= 15 is 0 Å². The van der Waals surface area contributed by atoms with Crippen molar-refractivity contribution < 1.29 is 18.3 Å². The van der Waals surface area contributed by atoms with Gasteiger partial charge in [-0.2, -0.15) is 9.40 Å². The number of carbonyl (C=O) groups is 1. The summed E-state index contributed by atoms with van der Waals surface area (Å²) in [4.78, 5) is 11.9. The second-order valence-electron chi connectivity index (χ2n) is 6.26. The van der Waals surface area contributed by atoms with Crippen LogP contribution in [0.3, 0.4) is 0 Å². The summed E-state index contributed by atoms with van der Waals surface area (Å²) in [7, 11) is -2.25. The van der Waals surface area contributed by atoms with Gasteiger partial charge in [0.25, 0.3) is 5.91 Å². The van der Waals surface area contributed by atoms with Gasteiger partial charge in [0.1, 0.15) is 0 Å². The number of hydrogen-bond donors (Lipinski definition) is 2. The van der Waals surface area contributed by atoms with Gasteiger partial charge in [-0.15, -0.1) is 0 Å². The lowest BCUT2D eigenvalue weighted by Gasteiger charge is -2.20. The molecule has 0 fully saturated rings. The number of amides is 1.